The van der Waals surface area contributed by atoms with E-state index in [2.05, 4.69) is 6.08 Å². The molecule has 0 heterocycles. The van der Waals surface area contributed by atoms with Crippen LogP contribution in [-0.2, 0) is 0 Å². The van der Waals surface area contributed by atoms with Gasteiger partial charge in [-0.1, -0.05) is 11.6 Å². The van der Waals surface area contributed by atoms with Crippen molar-refractivity contribution in [1.82, 2.24) is 0 Å². The lowest BCUT2D eigenvalue weighted by Gasteiger charge is -1.96. The predicted molar refractivity (Wildman–Crippen MR) is 32.5 cm³/mol. The first kappa shape index (κ1) is 3.71. The van der Waals surface area contributed by atoms with Crippen LogP contribution in [-0.4, -0.2) is 0 Å². The van der Waals surface area contributed by atoms with Gasteiger partial charge < -0.3 is 0 Å². The van der Waals surface area contributed by atoms with Gasteiger partial charge >= 0.3 is 0 Å². The number of allylic oxidation sites excluding steroid dienone is 2. The van der Waals surface area contributed by atoms with Gasteiger partial charge in [0.1, 0.15) is 0 Å². The molecular weight excluding hydrogens is 96.1 g/mol. The summed E-state index contributed by atoms with van der Waals surface area (Å²) in [5, 5.41) is 0. The lowest BCUT2D eigenvalue weighted by molar-refractivity contribution is 0.563. The van der Waals surface area contributed by atoms with Gasteiger partial charge in [-0.15, -0.1) is 0 Å². The van der Waals surface area contributed by atoms with Crippen LogP contribution in [0.15, 0.2) is 11.6 Å². The molecule has 0 aromatic rings. The van der Waals surface area contributed by atoms with E-state index in [-0.39, 0.29) is 0 Å². The molecule has 0 aliphatic heterocycles. The minimum Gasteiger partial charge on any atom is -0.0816 e. The van der Waals surface area contributed by atoms with Crippen molar-refractivity contribution in [2.75, 3.05) is 0 Å². The van der Waals surface area contributed by atoms with E-state index < -0.39 is 0 Å². The van der Waals surface area contributed by atoms with Gasteiger partial charge in [0.25, 0.3) is 0 Å². The van der Waals surface area contributed by atoms with Crippen molar-refractivity contribution in [3.63, 3.8) is 0 Å². The highest BCUT2D eigenvalue weighted by Gasteiger charge is 2.57. The first-order valence-corrected chi connectivity index (χ1v) is 3.60. The average Bonchev–Trinajstić information content (AvgIpc) is 2.13. The van der Waals surface area contributed by atoms with Crippen molar-refractivity contribution in [3.05, 3.63) is 11.6 Å². The molecule has 1 spiro atoms. The second kappa shape index (κ2) is 0.792. The quantitative estimate of drug-likeness (QED) is 0.415. The summed E-state index contributed by atoms with van der Waals surface area (Å²) >= 11 is 0. The Morgan fingerprint density at radius 2 is 2.62 bits per heavy atom. The summed E-state index contributed by atoms with van der Waals surface area (Å²) in [7, 11) is 0. The molecule has 3 aliphatic rings. The largest absolute Gasteiger partial charge is 0.0816 e. The minimum absolute atomic E-state index is 0.838. The van der Waals surface area contributed by atoms with Gasteiger partial charge in [0.15, 0.2) is 0 Å². The van der Waals surface area contributed by atoms with Crippen LogP contribution < -0.4 is 0 Å². The van der Waals surface area contributed by atoms with Crippen molar-refractivity contribution >= 4 is 0 Å². The molecule has 3 aliphatic carbocycles. The maximum Gasteiger partial charge on any atom is -0.00445 e. The van der Waals surface area contributed by atoms with E-state index in [4.69, 9.17) is 0 Å². The first-order valence-electron chi connectivity index (χ1n) is 3.60. The molecule has 0 heteroatoms. The zero-order chi connectivity index (χ0) is 5.19. The summed E-state index contributed by atoms with van der Waals surface area (Å²) in [6.45, 7) is 0. The Morgan fingerprint density at radius 1 is 1.62 bits per heavy atom. The highest BCUT2D eigenvalue weighted by atomic mass is 14.6. The van der Waals surface area contributed by atoms with Gasteiger partial charge in [0.05, 0.1) is 0 Å². The van der Waals surface area contributed by atoms with Crippen LogP contribution in [0, 0.1) is 11.3 Å². The fourth-order valence-corrected chi connectivity index (χ4v) is 2.60. The summed E-state index contributed by atoms with van der Waals surface area (Å²) in [6.07, 6.45) is 8.57. The molecule has 0 saturated heterocycles. The Morgan fingerprint density at radius 3 is 3.00 bits per heavy atom. The maximum atomic E-state index is 2.53. The Balaban J connectivity index is 2.23. The van der Waals surface area contributed by atoms with E-state index >= 15 is 0 Å². The van der Waals surface area contributed by atoms with E-state index in [0.717, 1.165) is 11.3 Å². The summed E-state index contributed by atoms with van der Waals surface area (Å²) in [4.78, 5) is 0. The molecule has 0 aromatic heterocycles. The van der Waals surface area contributed by atoms with Crippen LogP contribution in [0.1, 0.15) is 25.7 Å². The SMILES string of the molecule is C1=C2CC23CCC1C3. The van der Waals surface area contributed by atoms with Crippen molar-refractivity contribution in [1.29, 1.82) is 0 Å². The maximum absolute atomic E-state index is 2.53. The lowest BCUT2D eigenvalue weighted by Crippen LogP contribution is -1.86. The monoisotopic (exact) mass is 106 g/mol. The van der Waals surface area contributed by atoms with Crippen molar-refractivity contribution in [2.45, 2.75) is 25.7 Å². The van der Waals surface area contributed by atoms with Gasteiger partial charge in [-0.3, -0.25) is 0 Å². The van der Waals surface area contributed by atoms with Gasteiger partial charge in [-0.25, -0.2) is 0 Å². The molecule has 2 bridgehead atoms. The molecule has 2 saturated carbocycles. The third kappa shape index (κ3) is 0.229. The number of hydrogen-bond donors (Lipinski definition) is 0. The Kier molecular flexibility index (Phi) is 0.367. The molecule has 0 aromatic carbocycles. The van der Waals surface area contributed by atoms with E-state index in [1.165, 1.54) is 25.7 Å². The lowest BCUT2D eigenvalue weighted by atomic mass is 10.1. The van der Waals surface area contributed by atoms with Crippen LogP contribution in [0.2, 0.25) is 0 Å². The highest BCUT2D eigenvalue weighted by molar-refractivity contribution is 5.41. The van der Waals surface area contributed by atoms with Crippen LogP contribution in [0.25, 0.3) is 0 Å². The van der Waals surface area contributed by atoms with Gasteiger partial charge in [-0.2, -0.15) is 0 Å². The standard InChI is InChI=1S/C8H10/c1-2-8-4-6(1)3-7(8)5-8/h3,6H,1-2,4-5H2. The molecule has 0 radical (unpaired) electrons. The van der Waals surface area contributed by atoms with Gasteiger partial charge in [0.2, 0.25) is 0 Å². The van der Waals surface area contributed by atoms with Crippen molar-refractivity contribution < 1.29 is 0 Å². The Labute approximate surface area is 49.6 Å². The summed E-state index contributed by atoms with van der Waals surface area (Å²) < 4.78 is 0. The fraction of sp³-hybridized carbons (Fsp3) is 0.750. The molecule has 2 unspecified atom stereocenters. The Hall–Kier alpha value is -0.260. The normalized spacial score (nSPS) is 56.0. The van der Waals surface area contributed by atoms with E-state index in [1.54, 1.807) is 0 Å². The molecular formula is C8H10. The molecule has 3 rings (SSSR count). The number of fused-ring (bicyclic) bond motifs is 1. The van der Waals surface area contributed by atoms with E-state index in [9.17, 15) is 0 Å². The smallest absolute Gasteiger partial charge is 0.00445 e. The first-order chi connectivity index (χ1) is 3.89. The third-order valence-corrected chi connectivity index (χ3v) is 3.17. The molecule has 0 amide bonds. The zero-order valence-electron chi connectivity index (χ0n) is 4.98. The molecule has 42 valence electrons. The average molecular weight is 106 g/mol. The van der Waals surface area contributed by atoms with Crippen LogP contribution in [0.3, 0.4) is 0 Å². The minimum atomic E-state index is 0.838. The second-order valence-corrected chi connectivity index (χ2v) is 3.65. The van der Waals surface area contributed by atoms with Gasteiger partial charge in [-0.05, 0) is 37.0 Å². The zero-order valence-corrected chi connectivity index (χ0v) is 4.98. The highest BCUT2D eigenvalue weighted by Crippen LogP contribution is 2.69. The van der Waals surface area contributed by atoms with Gasteiger partial charge in [0, 0.05) is 0 Å². The fourth-order valence-electron chi connectivity index (χ4n) is 2.60. The van der Waals surface area contributed by atoms with Crippen LogP contribution in [0.4, 0.5) is 0 Å². The Bertz CT molecular complexity index is 178. The number of hydrogen-bond acceptors (Lipinski definition) is 0. The summed E-state index contributed by atoms with van der Waals surface area (Å²) in [5.74, 6) is 1.03. The summed E-state index contributed by atoms with van der Waals surface area (Å²) in [6, 6.07) is 0. The number of rotatable bonds is 0. The molecule has 2 atom stereocenters. The third-order valence-electron chi connectivity index (χ3n) is 3.17. The second-order valence-electron chi connectivity index (χ2n) is 3.65. The van der Waals surface area contributed by atoms with Crippen LogP contribution in [0.5, 0.6) is 0 Å². The van der Waals surface area contributed by atoms with E-state index in [0.29, 0.717) is 0 Å². The van der Waals surface area contributed by atoms with Crippen LogP contribution >= 0.6 is 0 Å². The summed E-state index contributed by atoms with van der Waals surface area (Å²) in [5.41, 5.74) is 2.65. The van der Waals surface area contributed by atoms with Crippen molar-refractivity contribution in [3.8, 4) is 0 Å². The molecule has 2 fully saturated rings. The topological polar surface area (TPSA) is 0 Å². The van der Waals surface area contributed by atoms with E-state index in [1.807, 2.05) is 5.57 Å². The molecule has 8 heavy (non-hydrogen) atoms. The molecule has 0 nitrogen and oxygen atoms in total. The molecule has 0 N–H and O–H groups in total. The predicted octanol–water partition coefficient (Wildman–Crippen LogP) is 2.12. The van der Waals surface area contributed by atoms with Crippen molar-refractivity contribution in [2.24, 2.45) is 11.3 Å².